The van der Waals surface area contributed by atoms with Crippen LogP contribution in [0.2, 0.25) is 0 Å². The lowest BCUT2D eigenvalue weighted by Gasteiger charge is -2.34. The van der Waals surface area contributed by atoms with Crippen LogP contribution in [0.25, 0.3) is 11.0 Å². The number of amides is 1. The summed E-state index contributed by atoms with van der Waals surface area (Å²) in [5.41, 5.74) is 5.09. The van der Waals surface area contributed by atoms with E-state index in [1.807, 2.05) is 54.4 Å². The first-order valence-electron chi connectivity index (χ1n) is 17.9. The Hall–Kier alpha value is -6.71. The van der Waals surface area contributed by atoms with Crippen LogP contribution < -0.4 is 20.3 Å². The number of carbonyl (C=O) groups excluding carboxylic acids is 1. The highest BCUT2D eigenvalue weighted by Gasteiger charge is 2.24. The van der Waals surface area contributed by atoms with Crippen LogP contribution in [0, 0.1) is 11.3 Å². The van der Waals surface area contributed by atoms with E-state index < -0.39 is 12.0 Å². The number of nitriles is 1. The van der Waals surface area contributed by atoms with E-state index in [0.717, 1.165) is 51.0 Å². The highest BCUT2D eigenvalue weighted by atomic mass is 32.1. The first-order chi connectivity index (χ1) is 27.2. The summed E-state index contributed by atoms with van der Waals surface area (Å²) in [4.78, 5) is 53.1. The van der Waals surface area contributed by atoms with Crippen molar-refractivity contribution in [1.82, 2.24) is 44.3 Å². The normalized spacial score (nSPS) is 13.6. The molecule has 1 amide bonds. The lowest BCUT2D eigenvalue weighted by atomic mass is 10.0. The summed E-state index contributed by atoms with van der Waals surface area (Å²) in [7, 11) is 3.47. The number of nitrogens with zero attached hydrogens (tertiary/aromatic N) is 10. The quantitative estimate of drug-likeness (QED) is 0.116. The average Bonchev–Trinajstić information content (AvgIpc) is 3.90. The average molecular weight is 774 g/mol. The molecule has 4 N–H and O–H groups in total. The smallest absolute Gasteiger partial charge is 0.326 e. The van der Waals surface area contributed by atoms with E-state index in [4.69, 9.17) is 14.7 Å². The van der Waals surface area contributed by atoms with Crippen molar-refractivity contribution in [3.63, 3.8) is 0 Å². The molecule has 4 heterocycles. The van der Waals surface area contributed by atoms with E-state index in [-0.39, 0.29) is 24.2 Å². The van der Waals surface area contributed by atoms with Gasteiger partial charge in [-0.1, -0.05) is 28.8 Å². The molecule has 0 radical (unpaired) electrons. The van der Waals surface area contributed by atoms with Gasteiger partial charge < -0.3 is 35.3 Å². The third-order valence-electron chi connectivity index (χ3n) is 9.34. The Morgan fingerprint density at radius 1 is 1.02 bits per heavy atom. The summed E-state index contributed by atoms with van der Waals surface area (Å²) >= 11 is 1.16. The van der Waals surface area contributed by atoms with Crippen LogP contribution in [0.3, 0.4) is 0 Å². The number of H-pyrrole nitrogens is 1. The maximum Gasteiger partial charge on any atom is 0.326 e. The molecule has 0 spiro atoms. The van der Waals surface area contributed by atoms with Gasteiger partial charge in [-0.05, 0) is 59.1 Å². The highest BCUT2D eigenvalue weighted by Crippen LogP contribution is 2.22. The van der Waals surface area contributed by atoms with Gasteiger partial charge in [0.05, 0.1) is 29.8 Å². The Morgan fingerprint density at radius 2 is 1.82 bits per heavy atom. The predicted molar refractivity (Wildman–Crippen MR) is 210 cm³/mol. The maximum absolute atomic E-state index is 12.7. The number of carboxylic acid groups (broad SMARTS) is 1. The van der Waals surface area contributed by atoms with Gasteiger partial charge in [-0.15, -0.1) is 5.10 Å². The minimum absolute atomic E-state index is 0.0817. The second-order valence-electron chi connectivity index (χ2n) is 13.3. The molecule has 1 saturated heterocycles. The van der Waals surface area contributed by atoms with Gasteiger partial charge in [0.1, 0.15) is 17.6 Å². The molecular weight excluding hydrogens is 735 g/mol. The Balaban J connectivity index is 1.07. The molecule has 1 fully saturated rings. The number of benzene rings is 3. The predicted octanol–water partition coefficient (Wildman–Crippen LogP) is 3.97. The number of fused-ring (bicyclic) bond motifs is 1. The van der Waals surface area contributed by atoms with E-state index in [1.165, 1.54) is 0 Å². The minimum atomic E-state index is -1.08. The number of piperazine rings is 1. The standard InChI is InChI=1S/C38H39N13O4S/c1-49(13-12-33-41-29-11-10-28(55-2)20-30(29)42-33)38-45-36(44-37(46-38)43-31(35(53)54)19-24-6-8-25(21-39)9-7-24)40-27-5-3-4-26(18-27)22-50-14-16-51(17-15-50)34(52)32-23-56-48-47-32/h3-11,18,20,23,31H,12-17,19,22H2,1-2H3,(H,41,42)(H,53,54)(H2,40,43,44,45,46). The number of rotatable bonds is 15. The molecule has 7 rings (SSSR count). The van der Waals surface area contributed by atoms with Gasteiger partial charge in [-0.3, -0.25) is 9.69 Å². The minimum Gasteiger partial charge on any atom is -0.497 e. The molecule has 1 unspecified atom stereocenters. The van der Waals surface area contributed by atoms with Crippen LogP contribution in [0.1, 0.15) is 33.0 Å². The number of likely N-dealkylation sites (N-methyl/N-ethyl adjacent to an activating group) is 1. The van der Waals surface area contributed by atoms with Crippen LogP contribution in [0.5, 0.6) is 5.75 Å². The van der Waals surface area contributed by atoms with Gasteiger partial charge in [0, 0.05) is 76.3 Å². The van der Waals surface area contributed by atoms with Gasteiger partial charge in [0.25, 0.3) is 5.91 Å². The number of nitrogens with one attached hydrogen (secondary N) is 3. The molecule has 3 aromatic carbocycles. The van der Waals surface area contributed by atoms with E-state index in [1.54, 1.807) is 41.7 Å². The number of aromatic amines is 1. The maximum atomic E-state index is 12.7. The molecule has 18 heteroatoms. The molecule has 56 heavy (non-hydrogen) atoms. The first-order valence-corrected chi connectivity index (χ1v) is 18.7. The fourth-order valence-electron chi connectivity index (χ4n) is 6.29. The molecule has 0 saturated carbocycles. The van der Waals surface area contributed by atoms with Crippen molar-refractivity contribution < 1.29 is 19.4 Å². The van der Waals surface area contributed by atoms with Crippen molar-refractivity contribution in [1.29, 1.82) is 5.26 Å². The zero-order valence-corrected chi connectivity index (χ0v) is 31.5. The number of anilines is 4. The van der Waals surface area contributed by atoms with Gasteiger partial charge >= 0.3 is 5.97 Å². The van der Waals surface area contributed by atoms with Crippen molar-refractivity contribution in [2.24, 2.45) is 0 Å². The van der Waals surface area contributed by atoms with Crippen molar-refractivity contribution in [2.45, 2.75) is 25.4 Å². The summed E-state index contributed by atoms with van der Waals surface area (Å²) in [6.07, 6.45) is 0.678. The van der Waals surface area contributed by atoms with Gasteiger partial charge in [-0.25, -0.2) is 9.78 Å². The van der Waals surface area contributed by atoms with Crippen LogP contribution >= 0.6 is 11.5 Å². The number of carbonyl (C=O) groups is 2. The van der Waals surface area contributed by atoms with E-state index in [0.29, 0.717) is 62.9 Å². The molecule has 0 aliphatic carbocycles. The highest BCUT2D eigenvalue weighted by molar-refractivity contribution is 7.03. The number of aromatic nitrogens is 7. The van der Waals surface area contributed by atoms with Crippen molar-refractivity contribution >= 4 is 58.0 Å². The lowest BCUT2D eigenvalue weighted by Crippen LogP contribution is -2.48. The van der Waals surface area contributed by atoms with Crippen LogP contribution in [0.15, 0.2) is 72.1 Å². The lowest BCUT2D eigenvalue weighted by molar-refractivity contribution is -0.137. The molecular formula is C38H39N13O4S. The van der Waals surface area contributed by atoms with E-state index >= 15 is 0 Å². The largest absolute Gasteiger partial charge is 0.497 e. The molecule has 1 aliphatic rings. The fourth-order valence-corrected chi connectivity index (χ4v) is 6.72. The zero-order chi connectivity index (χ0) is 39.0. The van der Waals surface area contributed by atoms with Crippen molar-refractivity contribution in [3.05, 3.63) is 100 Å². The molecule has 17 nitrogen and oxygen atoms in total. The third kappa shape index (κ3) is 9.32. The molecule has 0 bridgehead atoms. The van der Waals surface area contributed by atoms with Crippen molar-refractivity contribution in [2.75, 3.05) is 62.4 Å². The number of carboxylic acids is 1. The van der Waals surface area contributed by atoms with Crippen LogP contribution in [-0.2, 0) is 24.2 Å². The molecule has 1 atom stereocenters. The summed E-state index contributed by atoms with van der Waals surface area (Å²) in [5.74, 6) is 0.959. The Kier molecular flexibility index (Phi) is 11.5. The second kappa shape index (κ2) is 17.2. The van der Waals surface area contributed by atoms with Gasteiger partial charge in [0.15, 0.2) is 5.69 Å². The molecule has 3 aromatic heterocycles. The Labute approximate surface area is 326 Å². The van der Waals surface area contributed by atoms with Gasteiger partial charge in [-0.2, -0.15) is 20.2 Å². The van der Waals surface area contributed by atoms with E-state index in [9.17, 15) is 20.0 Å². The SMILES string of the molecule is COc1ccc2nc(CCN(C)c3nc(Nc4cccc(CN5CCN(C(=O)c6csnn6)CC5)c4)nc(NC(Cc4ccc(C#N)cc4)C(=O)O)n3)[nH]c2c1. The summed E-state index contributed by atoms with van der Waals surface area (Å²) < 4.78 is 9.15. The molecule has 1 aliphatic heterocycles. The summed E-state index contributed by atoms with van der Waals surface area (Å²) in [6.45, 7) is 3.79. The topological polar surface area (TPSA) is 214 Å². The number of methoxy groups -OCH3 is 1. The summed E-state index contributed by atoms with van der Waals surface area (Å²) in [5, 5.41) is 31.2. The number of hydrogen-bond acceptors (Lipinski definition) is 15. The van der Waals surface area contributed by atoms with Gasteiger partial charge in [0.2, 0.25) is 17.8 Å². The number of aliphatic carboxylic acids is 1. The summed E-state index contributed by atoms with van der Waals surface area (Å²) in [6, 6.07) is 21.4. The van der Waals surface area contributed by atoms with E-state index in [2.05, 4.69) is 46.1 Å². The number of imidazole rings is 1. The third-order valence-corrected chi connectivity index (χ3v) is 9.84. The van der Waals surface area contributed by atoms with Crippen LogP contribution in [-0.4, -0.2) is 114 Å². The monoisotopic (exact) mass is 773 g/mol. The Morgan fingerprint density at radius 3 is 2.55 bits per heavy atom. The second-order valence-corrected chi connectivity index (χ2v) is 13.9. The molecule has 286 valence electrons. The molecule has 6 aromatic rings. The van der Waals surface area contributed by atoms with Crippen LogP contribution in [0.4, 0.5) is 23.5 Å². The fraction of sp³-hybridized carbons (Fsp3) is 0.289. The van der Waals surface area contributed by atoms with Crippen molar-refractivity contribution in [3.8, 4) is 11.8 Å². The Bertz CT molecular complexity index is 2340. The first kappa shape index (κ1) is 37.6. The number of ether oxygens (including phenoxy) is 1. The zero-order valence-electron chi connectivity index (χ0n) is 30.7. The number of hydrogen-bond donors (Lipinski definition) is 4.